The number of primary amides is 1. The molecular formula is C8H16ClNO3. The highest BCUT2D eigenvalue weighted by Gasteiger charge is 2.33. The van der Waals surface area contributed by atoms with Gasteiger partial charge in [0.15, 0.2) is 0 Å². The van der Waals surface area contributed by atoms with E-state index in [4.69, 9.17) is 22.1 Å². The molecule has 0 aliphatic rings. The highest BCUT2D eigenvalue weighted by atomic mass is 35.5. The minimum atomic E-state index is -0.899. The molecule has 0 heterocycles. The number of nitrogens with two attached hydrogens (primary N) is 1. The van der Waals surface area contributed by atoms with Gasteiger partial charge in [0.25, 0.3) is 0 Å². The summed E-state index contributed by atoms with van der Waals surface area (Å²) in [7, 11) is 0. The van der Waals surface area contributed by atoms with Gasteiger partial charge in [-0.25, -0.2) is 4.79 Å². The average Bonchev–Trinajstić information content (AvgIpc) is 1.96. The SMILES string of the molecule is CC(C)(C)C(OC(N)=O)C(O)CCl. The first kappa shape index (κ1) is 12.5. The number of hydrogen-bond donors (Lipinski definition) is 2. The van der Waals surface area contributed by atoms with Crippen molar-refractivity contribution >= 4 is 17.7 Å². The molecule has 2 atom stereocenters. The van der Waals surface area contributed by atoms with Gasteiger partial charge in [0.05, 0.1) is 5.88 Å². The highest BCUT2D eigenvalue weighted by Crippen LogP contribution is 2.25. The number of hydrogen-bond acceptors (Lipinski definition) is 3. The zero-order chi connectivity index (χ0) is 10.6. The van der Waals surface area contributed by atoms with Crippen LogP contribution in [-0.2, 0) is 4.74 Å². The second kappa shape index (κ2) is 4.67. The molecule has 0 aromatic rings. The second-order valence-electron chi connectivity index (χ2n) is 3.95. The van der Waals surface area contributed by atoms with Crippen molar-refractivity contribution in [3.8, 4) is 0 Å². The van der Waals surface area contributed by atoms with E-state index in [-0.39, 0.29) is 11.3 Å². The van der Waals surface area contributed by atoms with Crippen LogP contribution in [0.15, 0.2) is 0 Å². The fraction of sp³-hybridized carbons (Fsp3) is 0.875. The summed E-state index contributed by atoms with van der Waals surface area (Å²) in [5, 5.41) is 9.44. The Morgan fingerprint density at radius 3 is 2.31 bits per heavy atom. The zero-order valence-corrected chi connectivity index (χ0v) is 8.84. The Morgan fingerprint density at radius 1 is 1.62 bits per heavy atom. The minimum absolute atomic E-state index is 0.00914. The summed E-state index contributed by atoms with van der Waals surface area (Å²) in [6.45, 7) is 5.49. The van der Waals surface area contributed by atoms with Crippen molar-refractivity contribution in [1.29, 1.82) is 0 Å². The van der Waals surface area contributed by atoms with Crippen LogP contribution >= 0.6 is 11.6 Å². The number of amides is 1. The number of ether oxygens (including phenoxy) is 1. The van der Waals surface area contributed by atoms with Crippen molar-refractivity contribution in [1.82, 2.24) is 0 Å². The summed E-state index contributed by atoms with van der Waals surface area (Å²) in [5.41, 5.74) is 4.48. The first-order chi connectivity index (χ1) is 5.79. The Labute approximate surface area is 83.0 Å². The maximum atomic E-state index is 10.5. The second-order valence-corrected chi connectivity index (χ2v) is 4.25. The molecule has 2 unspecified atom stereocenters. The van der Waals surface area contributed by atoms with Crippen molar-refractivity contribution in [2.75, 3.05) is 5.88 Å². The van der Waals surface area contributed by atoms with Gasteiger partial charge in [-0.3, -0.25) is 0 Å². The normalized spacial score (nSPS) is 16.4. The van der Waals surface area contributed by atoms with E-state index in [0.717, 1.165) is 0 Å². The first-order valence-electron chi connectivity index (χ1n) is 3.99. The third-order valence-corrected chi connectivity index (χ3v) is 1.92. The van der Waals surface area contributed by atoms with Crippen molar-refractivity contribution in [2.24, 2.45) is 11.1 Å². The van der Waals surface area contributed by atoms with Gasteiger partial charge in [-0.1, -0.05) is 20.8 Å². The number of carbonyl (C=O) groups is 1. The molecule has 0 aromatic heterocycles. The molecule has 0 fully saturated rings. The van der Waals surface area contributed by atoms with Crippen molar-refractivity contribution in [2.45, 2.75) is 33.0 Å². The molecule has 0 radical (unpaired) electrons. The quantitative estimate of drug-likeness (QED) is 0.684. The van der Waals surface area contributed by atoms with Crippen LogP contribution < -0.4 is 5.73 Å². The number of alkyl halides is 1. The number of halogens is 1. The van der Waals surface area contributed by atoms with Crippen LogP contribution in [0.4, 0.5) is 4.79 Å². The van der Waals surface area contributed by atoms with Crippen molar-refractivity contribution in [3.05, 3.63) is 0 Å². The Hall–Kier alpha value is -0.480. The first-order valence-corrected chi connectivity index (χ1v) is 4.52. The predicted molar refractivity (Wildman–Crippen MR) is 50.6 cm³/mol. The van der Waals surface area contributed by atoms with Crippen LogP contribution in [-0.4, -0.2) is 29.3 Å². The number of rotatable bonds is 3. The van der Waals surface area contributed by atoms with Gasteiger partial charge in [0.1, 0.15) is 12.2 Å². The molecule has 0 saturated heterocycles. The molecule has 13 heavy (non-hydrogen) atoms. The molecule has 5 heteroatoms. The van der Waals surface area contributed by atoms with Gasteiger partial charge in [0.2, 0.25) is 0 Å². The molecule has 0 aliphatic heterocycles. The molecule has 3 N–H and O–H groups in total. The fourth-order valence-electron chi connectivity index (χ4n) is 1.04. The van der Waals surface area contributed by atoms with E-state index in [2.05, 4.69) is 0 Å². The number of carbonyl (C=O) groups excluding carboxylic acids is 1. The van der Waals surface area contributed by atoms with Gasteiger partial charge in [0, 0.05) is 5.41 Å². The van der Waals surface area contributed by atoms with Gasteiger partial charge in [-0.15, -0.1) is 11.6 Å². The van der Waals surface area contributed by atoms with Gasteiger partial charge < -0.3 is 15.6 Å². The van der Waals surface area contributed by atoms with Gasteiger partial charge in [-0.2, -0.15) is 0 Å². The summed E-state index contributed by atoms with van der Waals surface area (Å²) in [6, 6.07) is 0. The lowest BCUT2D eigenvalue weighted by molar-refractivity contribution is -0.0412. The monoisotopic (exact) mass is 209 g/mol. The lowest BCUT2D eigenvalue weighted by atomic mass is 9.86. The summed E-state index contributed by atoms with van der Waals surface area (Å²) < 4.78 is 4.77. The van der Waals surface area contributed by atoms with Crippen LogP contribution in [0.1, 0.15) is 20.8 Å². The van der Waals surface area contributed by atoms with Crippen molar-refractivity contribution < 1.29 is 14.6 Å². The zero-order valence-electron chi connectivity index (χ0n) is 8.08. The highest BCUT2D eigenvalue weighted by molar-refractivity contribution is 6.18. The molecule has 0 bridgehead atoms. The minimum Gasteiger partial charge on any atom is -0.443 e. The smallest absolute Gasteiger partial charge is 0.404 e. The molecule has 0 spiro atoms. The van der Waals surface area contributed by atoms with Crippen LogP contribution in [0.25, 0.3) is 0 Å². The van der Waals surface area contributed by atoms with E-state index in [1.807, 2.05) is 20.8 Å². The Kier molecular flexibility index (Phi) is 4.50. The van der Waals surface area contributed by atoms with E-state index in [9.17, 15) is 9.90 Å². The number of aliphatic hydroxyl groups excluding tert-OH is 1. The van der Waals surface area contributed by atoms with E-state index >= 15 is 0 Å². The fourth-order valence-corrected chi connectivity index (χ4v) is 1.20. The van der Waals surface area contributed by atoms with E-state index in [1.54, 1.807) is 0 Å². The average molecular weight is 210 g/mol. The molecule has 0 rings (SSSR count). The molecule has 0 aliphatic carbocycles. The van der Waals surface area contributed by atoms with Crippen LogP contribution in [0.2, 0.25) is 0 Å². The topological polar surface area (TPSA) is 72.5 Å². The van der Waals surface area contributed by atoms with Crippen LogP contribution in [0.3, 0.4) is 0 Å². The molecule has 0 saturated carbocycles. The van der Waals surface area contributed by atoms with Crippen molar-refractivity contribution in [3.63, 3.8) is 0 Å². The summed E-state index contributed by atoms with van der Waals surface area (Å²) in [4.78, 5) is 10.5. The molecule has 4 nitrogen and oxygen atoms in total. The van der Waals surface area contributed by atoms with Gasteiger partial charge in [-0.05, 0) is 0 Å². The van der Waals surface area contributed by atoms with Gasteiger partial charge >= 0.3 is 6.09 Å². The lowest BCUT2D eigenvalue weighted by Crippen LogP contribution is -2.43. The lowest BCUT2D eigenvalue weighted by Gasteiger charge is -2.32. The summed E-state index contributed by atoms with van der Waals surface area (Å²) in [5.74, 6) is 0.00914. The largest absolute Gasteiger partial charge is 0.443 e. The molecular weight excluding hydrogens is 194 g/mol. The van der Waals surface area contributed by atoms with E-state index in [0.29, 0.717) is 0 Å². The predicted octanol–water partition coefficient (Wildman–Crippen LogP) is 1.10. The molecule has 0 aromatic carbocycles. The van der Waals surface area contributed by atoms with E-state index in [1.165, 1.54) is 0 Å². The van der Waals surface area contributed by atoms with Crippen LogP contribution in [0, 0.1) is 5.41 Å². The number of aliphatic hydroxyl groups is 1. The van der Waals surface area contributed by atoms with E-state index < -0.39 is 18.3 Å². The maximum Gasteiger partial charge on any atom is 0.404 e. The Bertz CT molecular complexity index is 179. The summed E-state index contributed by atoms with van der Waals surface area (Å²) in [6.07, 6.45) is -2.47. The standard InChI is InChI=1S/C8H16ClNO3/c1-8(2,3)6(5(11)4-9)13-7(10)12/h5-6,11H,4H2,1-3H3,(H2,10,12). The van der Waals surface area contributed by atoms with Crippen LogP contribution in [0.5, 0.6) is 0 Å². The Morgan fingerprint density at radius 2 is 2.08 bits per heavy atom. The summed E-state index contributed by atoms with van der Waals surface area (Å²) >= 11 is 5.45. The molecule has 78 valence electrons. The maximum absolute atomic E-state index is 10.5. The molecule has 1 amide bonds. The third kappa shape index (κ3) is 4.33. The Balaban J connectivity index is 4.46. The third-order valence-electron chi connectivity index (χ3n) is 1.60.